The van der Waals surface area contributed by atoms with Crippen LogP contribution < -0.4 is 16.2 Å². The Bertz CT molecular complexity index is 1100. The lowest BCUT2D eigenvalue weighted by atomic mass is 10.2. The Balaban J connectivity index is 0.000000804. The first-order chi connectivity index (χ1) is 13.8. The van der Waals surface area contributed by atoms with E-state index in [4.69, 9.17) is 25.5 Å². The fourth-order valence-corrected chi connectivity index (χ4v) is 2.76. The molecule has 13 heteroatoms. The summed E-state index contributed by atoms with van der Waals surface area (Å²) in [4.78, 5) is 14.5. The van der Waals surface area contributed by atoms with Crippen LogP contribution in [-0.4, -0.2) is 46.0 Å². The molecule has 1 amide bonds. The molecule has 0 saturated carbocycles. The van der Waals surface area contributed by atoms with E-state index in [1.807, 2.05) is 6.07 Å². The Morgan fingerprint density at radius 3 is 2.10 bits per heavy atom. The normalized spacial score (nSPS) is 10.9. The standard InChI is InChI=1S/C16H17N3O5S.CH4O3S/c1-25(21,22)14-9-11(10-23-16(20)19-15(17)18)7-8-13(14)24-12-5-3-2-4-6-12;1-5(2,3)4/h2-9H,10H2,1H3,(H4,17,18,19,20);1H3,(H,2,3,4). The van der Waals surface area contributed by atoms with E-state index in [1.165, 1.54) is 12.1 Å². The molecule has 0 saturated heterocycles. The van der Waals surface area contributed by atoms with Crippen LogP contribution in [0.1, 0.15) is 5.56 Å². The van der Waals surface area contributed by atoms with Crippen molar-refractivity contribution in [2.24, 2.45) is 16.5 Å². The average molecular weight is 460 g/mol. The minimum Gasteiger partial charge on any atom is -0.456 e. The topological polar surface area (TPSA) is 188 Å². The number of aliphatic imine (C=N–C) groups is 1. The molecule has 0 fully saturated rings. The zero-order valence-corrected chi connectivity index (χ0v) is 17.7. The van der Waals surface area contributed by atoms with Crippen LogP contribution in [-0.2, 0) is 31.3 Å². The molecule has 164 valence electrons. The summed E-state index contributed by atoms with van der Waals surface area (Å²) in [5.41, 5.74) is 10.6. The molecule has 0 radical (unpaired) electrons. The number of carbonyl (C=O) groups is 1. The molecule has 2 aromatic rings. The Morgan fingerprint density at radius 2 is 1.60 bits per heavy atom. The van der Waals surface area contributed by atoms with Gasteiger partial charge < -0.3 is 20.9 Å². The number of amides is 1. The molecule has 11 nitrogen and oxygen atoms in total. The molecule has 0 aromatic heterocycles. The lowest BCUT2D eigenvalue weighted by molar-refractivity contribution is 0.150. The number of hydrogen-bond acceptors (Lipinski definition) is 7. The third-order valence-corrected chi connectivity index (χ3v) is 4.08. The van der Waals surface area contributed by atoms with Crippen molar-refractivity contribution in [3.8, 4) is 11.5 Å². The van der Waals surface area contributed by atoms with E-state index in [0.29, 0.717) is 17.6 Å². The van der Waals surface area contributed by atoms with Gasteiger partial charge in [0.05, 0.1) is 6.26 Å². The number of carbonyl (C=O) groups excluding carboxylic acids is 1. The highest BCUT2D eigenvalue weighted by molar-refractivity contribution is 7.90. The van der Waals surface area contributed by atoms with E-state index in [2.05, 4.69) is 4.99 Å². The summed E-state index contributed by atoms with van der Waals surface area (Å²) >= 11 is 0. The third-order valence-electron chi connectivity index (χ3n) is 2.96. The van der Waals surface area contributed by atoms with Crippen molar-refractivity contribution in [3.63, 3.8) is 0 Å². The maximum Gasteiger partial charge on any atom is 0.437 e. The number of nitrogens with two attached hydrogens (primary N) is 2. The van der Waals surface area contributed by atoms with Gasteiger partial charge in [0.15, 0.2) is 15.8 Å². The zero-order chi connectivity index (χ0) is 22.9. The molecule has 0 spiro atoms. The molecular formula is C17H21N3O8S2. The van der Waals surface area contributed by atoms with Crippen molar-refractivity contribution >= 4 is 32.0 Å². The van der Waals surface area contributed by atoms with Gasteiger partial charge in [-0.15, -0.1) is 4.99 Å². The molecule has 0 aliphatic rings. The van der Waals surface area contributed by atoms with Crippen molar-refractivity contribution in [2.45, 2.75) is 11.5 Å². The van der Waals surface area contributed by atoms with E-state index in [0.717, 1.165) is 6.26 Å². The number of para-hydroxylation sites is 1. The molecule has 2 rings (SSSR count). The smallest absolute Gasteiger partial charge is 0.437 e. The first-order valence-electron chi connectivity index (χ1n) is 8.00. The summed E-state index contributed by atoms with van der Waals surface area (Å²) in [7, 11) is -7.23. The van der Waals surface area contributed by atoms with Crippen LogP contribution in [0.2, 0.25) is 0 Å². The zero-order valence-electron chi connectivity index (χ0n) is 16.0. The largest absolute Gasteiger partial charge is 0.456 e. The predicted molar refractivity (Wildman–Crippen MR) is 110 cm³/mol. The van der Waals surface area contributed by atoms with Gasteiger partial charge in [-0.25, -0.2) is 13.2 Å². The second kappa shape index (κ2) is 10.6. The van der Waals surface area contributed by atoms with Gasteiger partial charge in [-0.2, -0.15) is 8.42 Å². The van der Waals surface area contributed by atoms with Crippen molar-refractivity contribution in [1.29, 1.82) is 0 Å². The van der Waals surface area contributed by atoms with Crippen LogP contribution in [0.5, 0.6) is 11.5 Å². The lowest BCUT2D eigenvalue weighted by Gasteiger charge is -2.12. The number of hydrogen-bond donors (Lipinski definition) is 3. The van der Waals surface area contributed by atoms with Gasteiger partial charge in [0, 0.05) is 6.26 Å². The van der Waals surface area contributed by atoms with Gasteiger partial charge in [-0.1, -0.05) is 24.3 Å². The first kappa shape index (κ1) is 24.9. The summed E-state index contributed by atoms with van der Waals surface area (Å²) < 4.78 is 60.4. The highest BCUT2D eigenvalue weighted by atomic mass is 32.2. The van der Waals surface area contributed by atoms with Gasteiger partial charge in [0.25, 0.3) is 10.1 Å². The van der Waals surface area contributed by atoms with E-state index < -0.39 is 32.0 Å². The van der Waals surface area contributed by atoms with Crippen LogP contribution in [0.4, 0.5) is 4.79 Å². The highest BCUT2D eigenvalue weighted by Gasteiger charge is 2.17. The van der Waals surface area contributed by atoms with Crippen LogP contribution >= 0.6 is 0 Å². The molecule has 0 unspecified atom stereocenters. The highest BCUT2D eigenvalue weighted by Crippen LogP contribution is 2.30. The Kier molecular flexibility index (Phi) is 8.76. The summed E-state index contributed by atoms with van der Waals surface area (Å²) in [5.74, 6) is 0.251. The maximum atomic E-state index is 12.0. The minimum atomic E-state index is -3.67. The predicted octanol–water partition coefficient (Wildman–Crippen LogP) is 1.30. The van der Waals surface area contributed by atoms with Crippen LogP contribution in [0, 0.1) is 0 Å². The van der Waals surface area contributed by atoms with E-state index >= 15 is 0 Å². The average Bonchev–Trinajstić information content (AvgIpc) is 2.59. The van der Waals surface area contributed by atoms with Gasteiger partial charge in [-0.05, 0) is 29.8 Å². The Labute approximate surface area is 174 Å². The maximum absolute atomic E-state index is 12.0. The van der Waals surface area contributed by atoms with Gasteiger partial charge in [-0.3, -0.25) is 4.55 Å². The number of nitrogens with zero attached hydrogens (tertiary/aromatic N) is 1. The lowest BCUT2D eigenvalue weighted by Crippen LogP contribution is -2.24. The molecule has 0 aliphatic heterocycles. The number of rotatable bonds is 5. The molecule has 0 bridgehead atoms. The van der Waals surface area contributed by atoms with Crippen molar-refractivity contribution in [1.82, 2.24) is 0 Å². The number of guanidine groups is 1. The molecule has 0 atom stereocenters. The minimum absolute atomic E-state index is 0.0215. The molecule has 2 aromatic carbocycles. The quantitative estimate of drug-likeness (QED) is 0.334. The summed E-state index contributed by atoms with van der Waals surface area (Å²) in [6.07, 6.45) is 0.813. The summed E-state index contributed by atoms with van der Waals surface area (Å²) in [6.45, 7) is -0.191. The number of sulfone groups is 1. The molecular weight excluding hydrogens is 438 g/mol. The SMILES string of the molecule is CS(=O)(=O)O.CS(=O)(=O)c1cc(COC(=O)N=C(N)N)ccc1Oc1ccccc1. The molecule has 0 aliphatic carbocycles. The van der Waals surface area contributed by atoms with Gasteiger partial charge >= 0.3 is 6.09 Å². The van der Waals surface area contributed by atoms with E-state index in [-0.39, 0.29) is 17.3 Å². The van der Waals surface area contributed by atoms with Crippen molar-refractivity contribution < 1.29 is 35.7 Å². The van der Waals surface area contributed by atoms with Crippen LogP contribution in [0.15, 0.2) is 58.4 Å². The summed E-state index contributed by atoms with van der Waals surface area (Å²) in [5, 5.41) is 0. The molecule has 5 N–H and O–H groups in total. The summed E-state index contributed by atoms with van der Waals surface area (Å²) in [6, 6.07) is 13.2. The first-order valence-corrected chi connectivity index (χ1v) is 11.7. The fraction of sp³-hybridized carbons (Fsp3) is 0.176. The number of ether oxygens (including phenoxy) is 2. The van der Waals surface area contributed by atoms with Gasteiger partial charge in [0.2, 0.25) is 0 Å². The Morgan fingerprint density at radius 1 is 1.03 bits per heavy atom. The molecule has 30 heavy (non-hydrogen) atoms. The van der Waals surface area contributed by atoms with Crippen molar-refractivity contribution in [3.05, 3.63) is 54.1 Å². The fourth-order valence-electron chi connectivity index (χ4n) is 1.91. The monoisotopic (exact) mass is 459 g/mol. The van der Waals surface area contributed by atoms with Crippen molar-refractivity contribution in [2.75, 3.05) is 12.5 Å². The van der Waals surface area contributed by atoms with Crippen LogP contribution in [0.25, 0.3) is 0 Å². The van der Waals surface area contributed by atoms with E-state index in [1.54, 1.807) is 30.3 Å². The third kappa shape index (κ3) is 10.4. The van der Waals surface area contributed by atoms with Crippen LogP contribution in [0.3, 0.4) is 0 Å². The second-order valence-corrected chi connectivity index (χ2v) is 9.24. The number of benzene rings is 2. The van der Waals surface area contributed by atoms with E-state index in [9.17, 15) is 21.6 Å². The molecule has 0 heterocycles. The van der Waals surface area contributed by atoms with Gasteiger partial charge in [0.1, 0.15) is 23.0 Å². The Hall–Kier alpha value is -3.16. The second-order valence-electron chi connectivity index (χ2n) is 5.79.